The number of rotatable bonds is 3. The number of furan rings is 1. The maximum atomic E-state index is 8.35. The molecule has 2 heteroatoms. The number of hydrogen-bond donors (Lipinski definition) is 0. The Hall–Kier alpha value is -3.39. The molecule has 0 amide bonds. The van der Waals surface area contributed by atoms with E-state index < -0.39 is 5.89 Å². The SMILES string of the molecule is [2H]C(C)(C)c1ccnc(-c2cccc3c2oc2cccc(-c4ccccc4)c23)c1. The van der Waals surface area contributed by atoms with Crippen LogP contribution in [-0.4, -0.2) is 4.98 Å². The Kier molecular flexibility index (Phi) is 3.71. The van der Waals surface area contributed by atoms with E-state index in [4.69, 9.17) is 5.79 Å². The quantitative estimate of drug-likeness (QED) is 0.332. The van der Waals surface area contributed by atoms with Crippen LogP contribution in [0.3, 0.4) is 0 Å². The molecule has 0 saturated heterocycles. The van der Waals surface area contributed by atoms with E-state index in [2.05, 4.69) is 47.4 Å². The molecule has 0 aliphatic carbocycles. The third-order valence-electron chi connectivity index (χ3n) is 5.22. The number of nitrogens with zero attached hydrogens (tertiary/aromatic N) is 1. The maximum Gasteiger partial charge on any atom is 0.144 e. The number of pyridine rings is 1. The number of para-hydroxylation sites is 1. The molecule has 2 nitrogen and oxygen atoms in total. The van der Waals surface area contributed by atoms with Crippen molar-refractivity contribution in [3.63, 3.8) is 0 Å². The van der Waals surface area contributed by atoms with Gasteiger partial charge >= 0.3 is 0 Å². The zero-order valence-corrected chi connectivity index (χ0v) is 15.9. The van der Waals surface area contributed by atoms with Gasteiger partial charge in [0.15, 0.2) is 0 Å². The largest absolute Gasteiger partial charge is 0.455 e. The molecule has 0 N–H and O–H groups in total. The molecule has 0 radical (unpaired) electrons. The zero-order valence-electron chi connectivity index (χ0n) is 16.9. The Bertz CT molecular complexity index is 1330. The van der Waals surface area contributed by atoms with Crippen LogP contribution in [0, 0.1) is 0 Å². The first kappa shape index (κ1) is 15.6. The molecule has 0 aliphatic heterocycles. The Balaban J connectivity index is 1.79. The van der Waals surface area contributed by atoms with Gasteiger partial charge in [-0.25, -0.2) is 0 Å². The highest BCUT2D eigenvalue weighted by atomic mass is 16.3. The molecule has 0 unspecified atom stereocenters. The first-order valence-corrected chi connectivity index (χ1v) is 9.49. The number of fused-ring (bicyclic) bond motifs is 3. The molecule has 136 valence electrons. The van der Waals surface area contributed by atoms with Gasteiger partial charge in [0, 0.05) is 23.9 Å². The fraction of sp³-hybridized carbons (Fsp3) is 0.115. The average Bonchev–Trinajstić information content (AvgIpc) is 3.13. The normalized spacial score (nSPS) is 12.4. The molecule has 3 aromatic carbocycles. The van der Waals surface area contributed by atoms with Gasteiger partial charge in [-0.3, -0.25) is 4.98 Å². The average molecular weight is 364 g/mol. The van der Waals surface area contributed by atoms with Crippen LogP contribution < -0.4 is 0 Å². The summed E-state index contributed by atoms with van der Waals surface area (Å²) in [6.07, 6.45) is 1.78. The van der Waals surface area contributed by atoms with Crippen molar-refractivity contribution in [1.29, 1.82) is 0 Å². The van der Waals surface area contributed by atoms with E-state index in [1.165, 1.54) is 5.56 Å². The van der Waals surface area contributed by atoms with E-state index in [9.17, 15) is 0 Å². The van der Waals surface area contributed by atoms with Gasteiger partial charge in [0.1, 0.15) is 11.2 Å². The van der Waals surface area contributed by atoms with Crippen molar-refractivity contribution in [2.45, 2.75) is 19.7 Å². The maximum absolute atomic E-state index is 8.35. The molecule has 0 aliphatic rings. The zero-order chi connectivity index (χ0) is 20.0. The van der Waals surface area contributed by atoms with Crippen LogP contribution in [0.1, 0.15) is 26.7 Å². The van der Waals surface area contributed by atoms with Crippen LogP contribution in [-0.2, 0) is 0 Å². The first-order chi connectivity index (χ1) is 14.0. The predicted molar refractivity (Wildman–Crippen MR) is 116 cm³/mol. The summed E-state index contributed by atoms with van der Waals surface area (Å²) in [4.78, 5) is 4.58. The highest BCUT2D eigenvalue weighted by molar-refractivity contribution is 6.15. The molecular weight excluding hydrogens is 342 g/mol. The monoisotopic (exact) mass is 364 g/mol. The summed E-state index contributed by atoms with van der Waals surface area (Å²) in [6, 6.07) is 26.7. The van der Waals surface area contributed by atoms with E-state index in [0.717, 1.165) is 44.3 Å². The molecular formula is C26H21NO. The second-order valence-corrected chi connectivity index (χ2v) is 7.26. The molecule has 5 rings (SSSR count). The van der Waals surface area contributed by atoms with Gasteiger partial charge in [-0.2, -0.15) is 0 Å². The highest BCUT2D eigenvalue weighted by Crippen LogP contribution is 2.40. The van der Waals surface area contributed by atoms with Crippen molar-refractivity contribution in [2.24, 2.45) is 0 Å². The van der Waals surface area contributed by atoms with Gasteiger partial charge in [-0.05, 0) is 46.8 Å². The predicted octanol–water partition coefficient (Wildman–Crippen LogP) is 7.44. The van der Waals surface area contributed by atoms with Crippen LogP contribution >= 0.6 is 0 Å². The molecule has 28 heavy (non-hydrogen) atoms. The van der Waals surface area contributed by atoms with E-state index in [1.807, 2.05) is 50.2 Å². The summed E-state index contributed by atoms with van der Waals surface area (Å²) in [6.45, 7) is 3.78. The van der Waals surface area contributed by atoms with E-state index in [0.29, 0.717) is 0 Å². The topological polar surface area (TPSA) is 26.0 Å². The second-order valence-electron chi connectivity index (χ2n) is 7.26. The number of aromatic nitrogens is 1. The minimum atomic E-state index is -0.681. The van der Waals surface area contributed by atoms with E-state index in [-0.39, 0.29) is 0 Å². The van der Waals surface area contributed by atoms with Gasteiger partial charge in [0.05, 0.1) is 5.69 Å². The van der Waals surface area contributed by atoms with Gasteiger partial charge in [0.25, 0.3) is 0 Å². The molecule has 2 aromatic heterocycles. The van der Waals surface area contributed by atoms with Gasteiger partial charge in [-0.15, -0.1) is 0 Å². The highest BCUT2D eigenvalue weighted by Gasteiger charge is 2.16. The summed E-state index contributed by atoms with van der Waals surface area (Å²) >= 11 is 0. The van der Waals surface area contributed by atoms with E-state index in [1.54, 1.807) is 6.20 Å². The lowest BCUT2D eigenvalue weighted by atomic mass is 9.97. The molecule has 2 heterocycles. The van der Waals surface area contributed by atoms with Crippen molar-refractivity contribution >= 4 is 21.9 Å². The minimum Gasteiger partial charge on any atom is -0.455 e. The molecule has 0 atom stereocenters. The third-order valence-corrected chi connectivity index (χ3v) is 5.22. The van der Waals surface area contributed by atoms with Crippen molar-refractivity contribution in [3.05, 3.63) is 90.6 Å². The van der Waals surface area contributed by atoms with Crippen LogP contribution in [0.25, 0.3) is 44.3 Å². The van der Waals surface area contributed by atoms with Crippen LogP contribution in [0.4, 0.5) is 0 Å². The number of hydrogen-bond acceptors (Lipinski definition) is 2. The smallest absolute Gasteiger partial charge is 0.144 e. The van der Waals surface area contributed by atoms with Gasteiger partial charge in [-0.1, -0.05) is 68.4 Å². The molecule has 0 spiro atoms. The lowest BCUT2D eigenvalue weighted by molar-refractivity contribution is 0.670. The minimum absolute atomic E-state index is 0.681. The number of benzene rings is 3. The fourth-order valence-electron chi connectivity index (χ4n) is 3.80. The standard InChI is InChI=1S/C26H21NO/c1-17(2)19-14-15-27-23(16-19)21-11-6-12-22-25-20(18-8-4-3-5-9-18)10-7-13-24(25)28-26(21)22/h3-17H,1-2H3/i17D. The van der Waals surface area contributed by atoms with E-state index >= 15 is 0 Å². The summed E-state index contributed by atoms with van der Waals surface area (Å²) in [5, 5.41) is 2.20. The Morgan fingerprint density at radius 1 is 0.857 bits per heavy atom. The molecule has 0 bridgehead atoms. The summed E-state index contributed by atoms with van der Waals surface area (Å²) < 4.78 is 14.7. The van der Waals surface area contributed by atoms with Gasteiger partial charge in [0.2, 0.25) is 0 Å². The third kappa shape index (κ3) is 2.69. The van der Waals surface area contributed by atoms with Crippen molar-refractivity contribution in [2.75, 3.05) is 0 Å². The van der Waals surface area contributed by atoms with Gasteiger partial charge < -0.3 is 4.42 Å². The molecule has 0 fully saturated rings. The summed E-state index contributed by atoms with van der Waals surface area (Å²) in [7, 11) is 0. The summed E-state index contributed by atoms with van der Waals surface area (Å²) in [5.74, 6) is -0.681. The Morgan fingerprint density at radius 3 is 2.46 bits per heavy atom. The second kappa shape index (κ2) is 6.65. The fourth-order valence-corrected chi connectivity index (χ4v) is 3.80. The van der Waals surface area contributed by atoms with Crippen molar-refractivity contribution in [1.82, 2.24) is 4.98 Å². The van der Waals surface area contributed by atoms with Crippen molar-refractivity contribution in [3.8, 4) is 22.4 Å². The Labute approximate surface area is 165 Å². The van der Waals surface area contributed by atoms with Crippen molar-refractivity contribution < 1.29 is 5.79 Å². The summed E-state index contributed by atoms with van der Waals surface area (Å²) in [5.41, 5.74) is 6.73. The first-order valence-electron chi connectivity index (χ1n) is 9.99. The Morgan fingerprint density at radius 2 is 1.64 bits per heavy atom. The van der Waals surface area contributed by atoms with Crippen LogP contribution in [0.2, 0.25) is 0 Å². The van der Waals surface area contributed by atoms with Crippen LogP contribution in [0.5, 0.6) is 0 Å². The van der Waals surface area contributed by atoms with Crippen LogP contribution in [0.15, 0.2) is 89.5 Å². The lowest BCUT2D eigenvalue weighted by Crippen LogP contribution is -1.91. The molecule has 0 saturated carbocycles. The molecule has 5 aromatic rings. The lowest BCUT2D eigenvalue weighted by Gasteiger charge is -2.08.